The van der Waals surface area contributed by atoms with Gasteiger partial charge in [-0.2, -0.15) is 5.10 Å². The summed E-state index contributed by atoms with van der Waals surface area (Å²) in [5, 5.41) is 36.7. The molecule has 0 saturated heterocycles. The van der Waals surface area contributed by atoms with Crippen LogP contribution >= 0.6 is 23.2 Å². The highest BCUT2D eigenvalue weighted by Crippen LogP contribution is 2.36. The number of hydrogen-bond donors (Lipinski definition) is 4. The summed E-state index contributed by atoms with van der Waals surface area (Å²) >= 11 is 12.2. The molecule has 0 bridgehead atoms. The first kappa shape index (κ1) is 45.7. The second-order valence-electron chi connectivity index (χ2n) is 18.6. The van der Waals surface area contributed by atoms with Crippen LogP contribution in [0.3, 0.4) is 0 Å². The van der Waals surface area contributed by atoms with Crippen molar-refractivity contribution in [3.8, 4) is 34.1 Å². The van der Waals surface area contributed by atoms with Crippen molar-refractivity contribution < 1.29 is 24.5 Å². The third kappa shape index (κ3) is 11.5. The van der Waals surface area contributed by atoms with Crippen LogP contribution in [0.25, 0.3) is 33.8 Å². The van der Waals surface area contributed by atoms with Crippen LogP contribution in [-0.4, -0.2) is 75.3 Å². The van der Waals surface area contributed by atoms with Gasteiger partial charge < -0.3 is 25.6 Å². The first-order valence-corrected chi connectivity index (χ1v) is 22.7. The zero-order chi connectivity index (χ0) is 46.2. The lowest BCUT2D eigenvalue weighted by Crippen LogP contribution is -2.29. The first-order chi connectivity index (χ1) is 30.9. The standard InChI is InChI=1S/C28H29ClN4O3.C22H25ClN4O2/c1-17-12-19(6-11-22(17)25(34)13-18-4-5-18)24-15-30-27-23(31-16-28(2,3)35)14-26(32-33(24)27)36-21-9-7-20(29)8-10-21;1-13-8-15(6-7-16(13)19(28)9-14-4-5-14)18-11-24-21-17(25-12-22(2,3)29)10-20(23)26-27(18)21/h6-12,14-15,18,31,35H,4-5,13,16H2,1-3H3;6-8,10-11,14,25,29H,4-5,9,12H2,1-3H3. The number of nitrogens with zero attached hydrogens (tertiary/aromatic N) is 6. The van der Waals surface area contributed by atoms with Crippen molar-refractivity contribution in [3.05, 3.63) is 118 Å². The van der Waals surface area contributed by atoms with Gasteiger partial charge in [-0.05, 0) is 127 Å². The van der Waals surface area contributed by atoms with Crippen molar-refractivity contribution in [1.29, 1.82) is 0 Å². The Morgan fingerprint density at radius 1 is 0.677 bits per heavy atom. The van der Waals surface area contributed by atoms with Gasteiger partial charge in [-0.15, -0.1) is 5.10 Å². The Morgan fingerprint density at radius 3 is 1.58 bits per heavy atom. The van der Waals surface area contributed by atoms with Gasteiger partial charge >= 0.3 is 0 Å². The molecule has 3 aromatic carbocycles. The molecule has 338 valence electrons. The van der Waals surface area contributed by atoms with E-state index < -0.39 is 11.2 Å². The molecule has 4 heterocycles. The van der Waals surface area contributed by atoms with Crippen LogP contribution in [0, 0.1) is 25.7 Å². The third-order valence-corrected chi connectivity index (χ3v) is 11.8. The number of benzene rings is 3. The monoisotopic (exact) mass is 916 g/mol. The van der Waals surface area contributed by atoms with Gasteiger partial charge in [-0.3, -0.25) is 9.59 Å². The normalized spacial score (nSPS) is 14.0. The van der Waals surface area contributed by atoms with Crippen LogP contribution in [0.15, 0.2) is 85.2 Å². The van der Waals surface area contributed by atoms with Gasteiger partial charge in [-0.25, -0.2) is 19.0 Å². The number of hydrogen-bond acceptors (Lipinski definition) is 11. The summed E-state index contributed by atoms with van der Waals surface area (Å²) in [5.41, 5.74) is 7.61. The van der Waals surface area contributed by atoms with E-state index in [0.29, 0.717) is 82.2 Å². The average Bonchev–Trinajstić information content (AvgIpc) is 4.16. The summed E-state index contributed by atoms with van der Waals surface area (Å²) in [6, 6.07) is 22.2. The number of fused-ring (bicyclic) bond motifs is 2. The molecule has 65 heavy (non-hydrogen) atoms. The van der Waals surface area contributed by atoms with E-state index in [9.17, 15) is 19.8 Å². The lowest BCUT2D eigenvalue weighted by atomic mass is 9.98. The number of aromatic nitrogens is 6. The van der Waals surface area contributed by atoms with Crippen molar-refractivity contribution in [3.63, 3.8) is 0 Å². The molecular formula is C50H54Cl2N8O5. The number of halogens is 2. The minimum Gasteiger partial charge on any atom is -0.438 e. The number of ether oxygens (including phenoxy) is 1. The van der Waals surface area contributed by atoms with Crippen LogP contribution in [0.5, 0.6) is 11.6 Å². The van der Waals surface area contributed by atoms with Crippen molar-refractivity contribution in [2.75, 3.05) is 23.7 Å². The number of imidazole rings is 2. The number of aryl methyl sites for hydroxylation is 2. The molecule has 2 aliphatic rings. The second-order valence-corrected chi connectivity index (χ2v) is 19.4. The van der Waals surface area contributed by atoms with E-state index in [2.05, 4.69) is 25.7 Å². The van der Waals surface area contributed by atoms with Gasteiger partial charge in [0.2, 0.25) is 5.88 Å². The number of anilines is 2. The van der Waals surface area contributed by atoms with Crippen LogP contribution in [0.2, 0.25) is 10.2 Å². The van der Waals surface area contributed by atoms with E-state index in [0.717, 1.165) is 57.6 Å². The molecule has 0 spiro atoms. The fraction of sp³-hybridized carbons (Fsp3) is 0.360. The Hall–Kier alpha value is -5.86. The molecule has 0 aliphatic heterocycles. The summed E-state index contributed by atoms with van der Waals surface area (Å²) in [7, 11) is 0. The lowest BCUT2D eigenvalue weighted by Gasteiger charge is -2.19. The van der Waals surface area contributed by atoms with Gasteiger partial charge in [0, 0.05) is 65.3 Å². The maximum absolute atomic E-state index is 12.7. The van der Waals surface area contributed by atoms with Crippen molar-refractivity contribution in [2.45, 2.75) is 91.3 Å². The predicted octanol–water partition coefficient (Wildman–Crippen LogP) is 10.8. The SMILES string of the molecule is Cc1cc(-c2cnc3c(NCC(C)(C)O)cc(Cl)nn23)ccc1C(=O)CC1CC1.Cc1cc(-c2cnc3c(NCC(C)(C)O)cc(Oc4ccc(Cl)cc4)nn23)ccc1C(=O)CC1CC1. The zero-order valence-corrected chi connectivity index (χ0v) is 39.0. The third-order valence-electron chi connectivity index (χ3n) is 11.3. The fourth-order valence-electron chi connectivity index (χ4n) is 7.49. The highest BCUT2D eigenvalue weighted by molar-refractivity contribution is 6.30. The summed E-state index contributed by atoms with van der Waals surface area (Å²) in [5.74, 6) is 2.49. The van der Waals surface area contributed by atoms with E-state index in [4.69, 9.17) is 33.0 Å². The van der Waals surface area contributed by atoms with E-state index in [1.165, 1.54) is 12.8 Å². The molecule has 0 unspecified atom stereocenters. The second kappa shape index (κ2) is 18.6. The average molecular weight is 918 g/mol. The molecule has 9 rings (SSSR count). The molecule has 2 aliphatic carbocycles. The first-order valence-electron chi connectivity index (χ1n) is 21.9. The highest BCUT2D eigenvalue weighted by Gasteiger charge is 2.27. The Bertz CT molecular complexity index is 2890. The molecule has 0 amide bonds. The number of ketones is 2. The Labute approximate surface area is 388 Å². The molecule has 2 fully saturated rings. The summed E-state index contributed by atoms with van der Waals surface area (Å²) in [6.45, 7) is 11.5. The van der Waals surface area contributed by atoms with Crippen LogP contribution in [-0.2, 0) is 0 Å². The number of aliphatic hydroxyl groups is 2. The van der Waals surface area contributed by atoms with Crippen molar-refractivity contribution >= 4 is 57.4 Å². The number of carbonyl (C=O) groups excluding carboxylic acids is 2. The van der Waals surface area contributed by atoms with Gasteiger partial charge in [0.15, 0.2) is 28.0 Å². The molecule has 13 nitrogen and oxygen atoms in total. The largest absolute Gasteiger partial charge is 0.438 e. The van der Waals surface area contributed by atoms with Crippen molar-refractivity contribution in [2.24, 2.45) is 11.8 Å². The van der Waals surface area contributed by atoms with Gasteiger partial charge in [-0.1, -0.05) is 47.5 Å². The smallest absolute Gasteiger partial charge is 0.239 e. The quantitative estimate of drug-likeness (QED) is 0.0681. The maximum Gasteiger partial charge on any atom is 0.239 e. The van der Waals surface area contributed by atoms with Crippen LogP contribution in [0.4, 0.5) is 11.4 Å². The van der Waals surface area contributed by atoms with Crippen LogP contribution in [0.1, 0.15) is 98.1 Å². The Kier molecular flexibility index (Phi) is 13.0. The maximum atomic E-state index is 12.7. The summed E-state index contributed by atoms with van der Waals surface area (Å²) in [6.07, 6.45) is 9.41. The molecule has 7 aromatic rings. The topological polar surface area (TPSA) is 168 Å². The zero-order valence-electron chi connectivity index (χ0n) is 37.5. The summed E-state index contributed by atoms with van der Waals surface area (Å²) < 4.78 is 9.44. The Balaban J connectivity index is 0.000000181. The molecule has 2 saturated carbocycles. The molecular weight excluding hydrogens is 864 g/mol. The molecule has 4 N–H and O–H groups in total. The minimum absolute atomic E-state index is 0.203. The number of carbonyl (C=O) groups is 2. The molecule has 0 radical (unpaired) electrons. The number of nitrogens with one attached hydrogen (secondary N) is 2. The van der Waals surface area contributed by atoms with E-state index in [1.807, 2.05) is 50.2 Å². The number of rotatable bonds is 16. The summed E-state index contributed by atoms with van der Waals surface area (Å²) in [4.78, 5) is 34.3. The predicted molar refractivity (Wildman–Crippen MR) is 256 cm³/mol. The molecule has 0 atom stereocenters. The highest BCUT2D eigenvalue weighted by atomic mass is 35.5. The molecule has 4 aromatic heterocycles. The Morgan fingerprint density at radius 2 is 1.14 bits per heavy atom. The number of Topliss-reactive ketones (excluding diaryl/α,β-unsaturated/α-hetero) is 2. The van der Waals surface area contributed by atoms with Crippen molar-refractivity contribution in [1.82, 2.24) is 29.2 Å². The van der Waals surface area contributed by atoms with E-state index in [1.54, 1.807) is 85.5 Å². The van der Waals surface area contributed by atoms with E-state index >= 15 is 0 Å². The fourth-order valence-corrected chi connectivity index (χ4v) is 7.81. The van der Waals surface area contributed by atoms with Gasteiger partial charge in [0.05, 0.1) is 46.4 Å². The van der Waals surface area contributed by atoms with Gasteiger partial charge in [0.25, 0.3) is 0 Å². The van der Waals surface area contributed by atoms with Crippen LogP contribution < -0.4 is 15.4 Å². The van der Waals surface area contributed by atoms with E-state index in [-0.39, 0.29) is 11.6 Å². The molecule has 15 heteroatoms. The lowest BCUT2D eigenvalue weighted by molar-refractivity contribution is 0.0939. The van der Waals surface area contributed by atoms with Gasteiger partial charge in [0.1, 0.15) is 5.75 Å². The minimum atomic E-state index is -0.924.